The molecule has 0 spiro atoms. The van der Waals surface area contributed by atoms with Crippen molar-refractivity contribution in [2.75, 3.05) is 27.4 Å². The Hall–Kier alpha value is -3.85. The van der Waals surface area contributed by atoms with Crippen LogP contribution in [0.4, 0.5) is 8.78 Å². The molecule has 1 N–H and O–H groups in total. The number of aliphatic hydroxyl groups is 1. The standard InChI is InChI=1S/C25H23F2NO6/c1-32-23-10-6-19(28-25(23)16-3-5-17(26)18(27)13-16)21(31)8-7-20(30)15-4-9-22(34-12-11-29)24(14-15)33-2/h3-6,9-10,13-14,29H,7-8,11-12H2,1-2H3. The molecule has 9 heteroatoms. The van der Waals surface area contributed by atoms with Crippen LogP contribution in [-0.2, 0) is 0 Å². The van der Waals surface area contributed by atoms with Crippen LogP contribution in [0.15, 0.2) is 48.5 Å². The summed E-state index contributed by atoms with van der Waals surface area (Å²) in [5, 5.41) is 8.89. The number of nitrogens with zero attached hydrogens (tertiary/aromatic N) is 1. The molecule has 3 rings (SSSR count). The number of hydrogen-bond acceptors (Lipinski definition) is 7. The minimum absolute atomic E-state index is 0.0682. The first-order valence-electron chi connectivity index (χ1n) is 10.4. The van der Waals surface area contributed by atoms with Crippen LogP contribution in [0.3, 0.4) is 0 Å². The van der Waals surface area contributed by atoms with E-state index in [1.807, 2.05) is 0 Å². The van der Waals surface area contributed by atoms with Crippen LogP contribution in [0, 0.1) is 11.6 Å². The number of methoxy groups -OCH3 is 2. The van der Waals surface area contributed by atoms with Gasteiger partial charge in [0, 0.05) is 24.0 Å². The van der Waals surface area contributed by atoms with E-state index in [0.29, 0.717) is 17.1 Å². The van der Waals surface area contributed by atoms with Crippen molar-refractivity contribution in [3.8, 4) is 28.5 Å². The molecule has 1 heterocycles. The minimum Gasteiger partial charge on any atom is -0.494 e. The second-order valence-corrected chi connectivity index (χ2v) is 7.16. The number of ketones is 2. The van der Waals surface area contributed by atoms with E-state index in [9.17, 15) is 18.4 Å². The van der Waals surface area contributed by atoms with Crippen molar-refractivity contribution in [2.45, 2.75) is 12.8 Å². The van der Waals surface area contributed by atoms with E-state index in [2.05, 4.69) is 4.98 Å². The Morgan fingerprint density at radius 3 is 2.24 bits per heavy atom. The quantitative estimate of drug-likeness (QED) is 0.418. The number of halogens is 2. The number of benzene rings is 2. The van der Waals surface area contributed by atoms with E-state index < -0.39 is 17.4 Å². The molecule has 0 aliphatic heterocycles. The topological polar surface area (TPSA) is 95.0 Å². The van der Waals surface area contributed by atoms with Crippen molar-refractivity contribution in [3.63, 3.8) is 0 Å². The van der Waals surface area contributed by atoms with Crippen molar-refractivity contribution in [2.24, 2.45) is 0 Å². The van der Waals surface area contributed by atoms with Gasteiger partial charge in [-0.25, -0.2) is 13.8 Å². The van der Waals surface area contributed by atoms with Crippen LogP contribution >= 0.6 is 0 Å². The molecule has 0 saturated carbocycles. The first-order chi connectivity index (χ1) is 16.4. The van der Waals surface area contributed by atoms with E-state index >= 15 is 0 Å². The molecule has 34 heavy (non-hydrogen) atoms. The van der Waals surface area contributed by atoms with Gasteiger partial charge in [-0.2, -0.15) is 0 Å². The summed E-state index contributed by atoms with van der Waals surface area (Å²) in [5.74, 6) is -1.72. The number of aliphatic hydroxyl groups excluding tert-OH is 1. The fraction of sp³-hybridized carbons (Fsp3) is 0.240. The van der Waals surface area contributed by atoms with Gasteiger partial charge in [0.2, 0.25) is 0 Å². The molecule has 0 saturated heterocycles. The lowest BCUT2D eigenvalue weighted by Crippen LogP contribution is -2.08. The Labute approximate surface area is 194 Å². The molecule has 0 aliphatic carbocycles. The van der Waals surface area contributed by atoms with E-state index in [-0.39, 0.29) is 54.5 Å². The van der Waals surface area contributed by atoms with Crippen molar-refractivity contribution in [1.29, 1.82) is 0 Å². The van der Waals surface area contributed by atoms with Gasteiger partial charge in [0.1, 0.15) is 23.7 Å². The second kappa shape index (κ2) is 11.3. The fourth-order valence-corrected chi connectivity index (χ4v) is 3.23. The predicted molar refractivity (Wildman–Crippen MR) is 120 cm³/mol. The van der Waals surface area contributed by atoms with Gasteiger partial charge in [-0.1, -0.05) is 0 Å². The summed E-state index contributed by atoms with van der Waals surface area (Å²) < 4.78 is 42.8. The molecule has 2 aromatic carbocycles. The molecule has 7 nitrogen and oxygen atoms in total. The van der Waals surface area contributed by atoms with E-state index in [0.717, 1.165) is 12.1 Å². The highest BCUT2D eigenvalue weighted by molar-refractivity contribution is 6.02. The van der Waals surface area contributed by atoms with Crippen molar-refractivity contribution in [1.82, 2.24) is 4.98 Å². The van der Waals surface area contributed by atoms with E-state index in [4.69, 9.17) is 19.3 Å². The summed E-state index contributed by atoms with van der Waals surface area (Å²) in [6.07, 6.45) is -0.187. The normalized spacial score (nSPS) is 10.6. The minimum atomic E-state index is -1.05. The molecular formula is C25H23F2NO6. The summed E-state index contributed by atoms with van der Waals surface area (Å²) in [5.41, 5.74) is 0.837. The van der Waals surface area contributed by atoms with Gasteiger partial charge in [-0.05, 0) is 48.5 Å². The Kier molecular flexibility index (Phi) is 8.26. The first-order valence-corrected chi connectivity index (χ1v) is 10.4. The molecule has 178 valence electrons. The maximum absolute atomic E-state index is 13.7. The summed E-state index contributed by atoms with van der Waals surface area (Å²) in [4.78, 5) is 29.6. The molecular weight excluding hydrogens is 448 g/mol. The van der Waals surface area contributed by atoms with E-state index in [1.165, 1.54) is 38.5 Å². The van der Waals surface area contributed by atoms with Gasteiger partial charge in [-0.15, -0.1) is 0 Å². The van der Waals surface area contributed by atoms with Gasteiger partial charge in [0.25, 0.3) is 0 Å². The Morgan fingerprint density at radius 2 is 1.56 bits per heavy atom. The number of carbonyl (C=O) groups is 2. The molecule has 0 bridgehead atoms. The summed E-state index contributed by atoms with van der Waals surface area (Å²) in [7, 11) is 2.83. The SMILES string of the molecule is COc1cc(C(=O)CCC(=O)c2ccc(OC)c(-c3ccc(F)c(F)c3)n2)ccc1OCCO. The molecule has 0 unspecified atom stereocenters. The van der Waals surface area contributed by atoms with Crippen molar-refractivity contribution in [3.05, 3.63) is 71.4 Å². The average molecular weight is 471 g/mol. The third kappa shape index (κ3) is 5.74. The van der Waals surface area contributed by atoms with Gasteiger partial charge in [-0.3, -0.25) is 9.59 Å². The van der Waals surface area contributed by atoms with Crippen molar-refractivity contribution >= 4 is 11.6 Å². The van der Waals surface area contributed by atoms with Crippen LogP contribution in [0.5, 0.6) is 17.2 Å². The Balaban J connectivity index is 1.74. The zero-order valence-electron chi connectivity index (χ0n) is 18.6. The lowest BCUT2D eigenvalue weighted by atomic mass is 10.0. The van der Waals surface area contributed by atoms with Crippen LogP contribution in [0.2, 0.25) is 0 Å². The molecule has 0 aliphatic rings. The fourth-order valence-electron chi connectivity index (χ4n) is 3.23. The maximum atomic E-state index is 13.7. The summed E-state index contributed by atoms with van der Waals surface area (Å²) in [6.45, 7) is -0.0806. The Morgan fingerprint density at radius 1 is 0.853 bits per heavy atom. The summed E-state index contributed by atoms with van der Waals surface area (Å²) >= 11 is 0. The molecule has 3 aromatic rings. The maximum Gasteiger partial charge on any atom is 0.181 e. The zero-order chi connectivity index (χ0) is 24.7. The highest BCUT2D eigenvalue weighted by Gasteiger charge is 2.18. The summed E-state index contributed by atoms with van der Waals surface area (Å²) in [6, 6.07) is 10.8. The average Bonchev–Trinajstić information content (AvgIpc) is 2.86. The number of rotatable bonds is 11. The molecule has 1 aromatic heterocycles. The molecule has 0 fully saturated rings. The Bertz CT molecular complexity index is 1200. The van der Waals surface area contributed by atoms with Crippen LogP contribution < -0.4 is 14.2 Å². The highest BCUT2D eigenvalue weighted by Crippen LogP contribution is 2.30. The molecule has 0 radical (unpaired) electrons. The number of pyridine rings is 1. The number of hydrogen-bond donors (Lipinski definition) is 1. The smallest absolute Gasteiger partial charge is 0.181 e. The highest BCUT2D eigenvalue weighted by atomic mass is 19.2. The first kappa shape index (κ1) is 24.8. The van der Waals surface area contributed by atoms with Gasteiger partial charge < -0.3 is 19.3 Å². The monoisotopic (exact) mass is 471 g/mol. The lowest BCUT2D eigenvalue weighted by molar-refractivity contribution is 0.0914. The van der Waals surface area contributed by atoms with Crippen LogP contribution in [0.1, 0.15) is 33.7 Å². The number of carbonyl (C=O) groups excluding carboxylic acids is 2. The lowest BCUT2D eigenvalue weighted by Gasteiger charge is -2.11. The second-order valence-electron chi connectivity index (χ2n) is 7.16. The van der Waals surface area contributed by atoms with Gasteiger partial charge in [0.15, 0.2) is 34.7 Å². The van der Waals surface area contributed by atoms with Crippen LogP contribution in [-0.4, -0.2) is 49.1 Å². The number of ether oxygens (including phenoxy) is 3. The van der Waals surface area contributed by atoms with Gasteiger partial charge in [0.05, 0.1) is 20.8 Å². The predicted octanol–water partition coefficient (Wildman–Crippen LogP) is 4.26. The third-order valence-electron chi connectivity index (χ3n) is 4.97. The zero-order valence-corrected chi connectivity index (χ0v) is 18.6. The molecule has 0 amide bonds. The van der Waals surface area contributed by atoms with Gasteiger partial charge >= 0.3 is 0 Å². The molecule has 0 atom stereocenters. The third-order valence-corrected chi connectivity index (χ3v) is 4.97. The largest absolute Gasteiger partial charge is 0.494 e. The van der Waals surface area contributed by atoms with E-state index in [1.54, 1.807) is 12.1 Å². The number of Topliss-reactive ketones (excluding diaryl/α,β-unsaturated/α-hetero) is 2. The number of aromatic nitrogens is 1. The van der Waals surface area contributed by atoms with Crippen LogP contribution in [0.25, 0.3) is 11.3 Å². The van der Waals surface area contributed by atoms with Crippen molar-refractivity contribution < 1.29 is 37.7 Å².